The van der Waals surface area contributed by atoms with Crippen LogP contribution in [0.25, 0.3) is 0 Å². The topological polar surface area (TPSA) is 90.3 Å². The van der Waals surface area contributed by atoms with Crippen molar-refractivity contribution in [1.29, 1.82) is 5.26 Å². The van der Waals surface area contributed by atoms with Crippen LogP contribution in [0.4, 0.5) is 4.79 Å². The second-order valence-electron chi connectivity index (χ2n) is 14.9. The fourth-order valence-electron chi connectivity index (χ4n) is 9.80. The lowest BCUT2D eigenvalue weighted by Crippen LogP contribution is -2.70. The van der Waals surface area contributed by atoms with E-state index < -0.39 is 5.41 Å². The molecule has 6 heteroatoms. The maximum Gasteiger partial charge on any atom is 0.317 e. The first-order valence-electron chi connectivity index (χ1n) is 14.5. The molecule has 0 aromatic carbocycles. The number of ketones is 2. The van der Waals surface area contributed by atoms with Crippen LogP contribution < -0.4 is 5.32 Å². The Balaban J connectivity index is 1.66. The third kappa shape index (κ3) is 3.45. The van der Waals surface area contributed by atoms with Crippen molar-refractivity contribution in [3.8, 4) is 6.07 Å². The van der Waals surface area contributed by atoms with Crippen molar-refractivity contribution in [2.75, 3.05) is 14.1 Å². The Kier molecular flexibility index (Phi) is 5.93. The van der Waals surface area contributed by atoms with Gasteiger partial charge in [-0.2, -0.15) is 5.26 Å². The average molecular weight is 520 g/mol. The molecule has 6 nitrogen and oxygen atoms in total. The number of nitrogens with one attached hydrogen (secondary N) is 1. The highest BCUT2D eigenvalue weighted by Gasteiger charge is 2.69. The standard InChI is InChI=1S/C32H45N3O3/c1-19-21-9-10-30(5)24(29(21,4)16-20(18-33)26(19)37)15-23(36)25-22-17-28(2,3)11-13-32(22,14-12-31(25,30)6)34-27(38)35(7)8/h15-16,19,21-22,25H,9-14,17H2,1-8H3,(H,34,38)/t19-,21?,22?,25?,29-,30+,31+,32-/m0/s1. The molecule has 0 heterocycles. The zero-order valence-corrected chi connectivity index (χ0v) is 24.5. The lowest BCUT2D eigenvalue weighted by molar-refractivity contribution is -0.158. The summed E-state index contributed by atoms with van der Waals surface area (Å²) in [6.07, 6.45) is 10.2. The highest BCUT2D eigenvalue weighted by molar-refractivity contribution is 6.02. The Bertz CT molecular complexity index is 1210. The Morgan fingerprint density at radius 3 is 2.32 bits per heavy atom. The van der Waals surface area contributed by atoms with Gasteiger partial charge in [0, 0.05) is 36.9 Å². The summed E-state index contributed by atoms with van der Waals surface area (Å²) in [5.41, 5.74) is 0.105. The minimum atomic E-state index is -0.492. The molecule has 0 saturated heterocycles. The summed E-state index contributed by atoms with van der Waals surface area (Å²) >= 11 is 0. The van der Waals surface area contributed by atoms with Crippen LogP contribution in [0.2, 0.25) is 0 Å². The fourth-order valence-corrected chi connectivity index (χ4v) is 9.80. The Labute approximate surface area is 228 Å². The lowest BCUT2D eigenvalue weighted by atomic mass is 9.36. The Morgan fingerprint density at radius 2 is 1.68 bits per heavy atom. The summed E-state index contributed by atoms with van der Waals surface area (Å²) < 4.78 is 0. The molecule has 5 aliphatic carbocycles. The van der Waals surface area contributed by atoms with Crippen LogP contribution in [-0.4, -0.2) is 42.1 Å². The molecule has 1 N–H and O–H groups in total. The number of amides is 2. The minimum absolute atomic E-state index is 0.0612. The van der Waals surface area contributed by atoms with Crippen molar-refractivity contribution in [3.63, 3.8) is 0 Å². The van der Waals surface area contributed by atoms with Gasteiger partial charge < -0.3 is 10.2 Å². The van der Waals surface area contributed by atoms with Crippen LogP contribution >= 0.6 is 0 Å². The zero-order valence-electron chi connectivity index (χ0n) is 24.5. The van der Waals surface area contributed by atoms with Crippen molar-refractivity contribution in [3.05, 3.63) is 23.3 Å². The highest BCUT2D eigenvalue weighted by atomic mass is 16.2. The summed E-state index contributed by atoms with van der Waals surface area (Å²) in [4.78, 5) is 42.0. The molecule has 0 aliphatic heterocycles. The predicted octanol–water partition coefficient (Wildman–Crippen LogP) is 5.84. The molecule has 3 fully saturated rings. The Hall–Kier alpha value is -2.42. The number of rotatable bonds is 1. The van der Waals surface area contributed by atoms with E-state index in [9.17, 15) is 19.6 Å². The van der Waals surface area contributed by atoms with E-state index >= 15 is 0 Å². The SMILES string of the molecule is C[C@@H]1C(=O)C(C#N)=C[C@]2(C)C3=CC(=O)C4C5CC(C)(C)CC[C@]5(NC(=O)N(C)C)CC[C@@]4(C)[C@]3(C)CCC12. The van der Waals surface area contributed by atoms with Gasteiger partial charge in [0.25, 0.3) is 0 Å². The molecule has 5 rings (SSSR count). The zero-order chi connectivity index (χ0) is 28.1. The third-order valence-corrected chi connectivity index (χ3v) is 12.3. The van der Waals surface area contributed by atoms with Crippen LogP contribution in [0.3, 0.4) is 0 Å². The average Bonchev–Trinajstić information content (AvgIpc) is 2.83. The van der Waals surface area contributed by atoms with Gasteiger partial charge >= 0.3 is 6.03 Å². The van der Waals surface area contributed by atoms with Gasteiger partial charge in [-0.15, -0.1) is 0 Å². The van der Waals surface area contributed by atoms with Crippen molar-refractivity contribution in [2.24, 2.45) is 45.3 Å². The number of hydrogen-bond acceptors (Lipinski definition) is 4. The summed E-state index contributed by atoms with van der Waals surface area (Å²) in [5, 5.41) is 13.2. The number of allylic oxidation sites excluding steroid dienone is 4. The summed E-state index contributed by atoms with van der Waals surface area (Å²) in [6.45, 7) is 13.4. The molecule has 0 aromatic heterocycles. The van der Waals surface area contributed by atoms with Gasteiger partial charge in [0.15, 0.2) is 11.6 Å². The van der Waals surface area contributed by atoms with E-state index in [2.05, 4.69) is 46.0 Å². The van der Waals surface area contributed by atoms with Gasteiger partial charge in [-0.1, -0.05) is 53.2 Å². The Morgan fingerprint density at radius 1 is 1.03 bits per heavy atom. The van der Waals surface area contributed by atoms with Crippen molar-refractivity contribution in [2.45, 2.75) is 92.0 Å². The molecule has 206 valence electrons. The van der Waals surface area contributed by atoms with E-state index in [0.29, 0.717) is 0 Å². The van der Waals surface area contributed by atoms with Crippen LogP contribution in [0.5, 0.6) is 0 Å². The third-order valence-electron chi connectivity index (χ3n) is 12.3. The van der Waals surface area contributed by atoms with Crippen LogP contribution in [0, 0.1) is 56.7 Å². The molecule has 5 aliphatic rings. The lowest BCUT2D eigenvalue weighted by Gasteiger charge is -2.68. The van der Waals surface area contributed by atoms with Gasteiger partial charge in [0.2, 0.25) is 0 Å². The molecule has 0 aromatic rings. The number of Topliss-reactive ketones (excluding diaryl/α,β-unsaturated/α-hetero) is 1. The number of fused-ring (bicyclic) bond motifs is 7. The van der Waals surface area contributed by atoms with E-state index in [1.54, 1.807) is 19.0 Å². The number of nitriles is 1. The van der Waals surface area contributed by atoms with Gasteiger partial charge in [-0.25, -0.2) is 4.79 Å². The molecule has 3 unspecified atom stereocenters. The first-order valence-corrected chi connectivity index (χ1v) is 14.5. The van der Waals surface area contributed by atoms with Gasteiger partial charge in [-0.3, -0.25) is 9.59 Å². The monoisotopic (exact) mass is 519 g/mol. The maximum atomic E-state index is 14.4. The molecular weight excluding hydrogens is 474 g/mol. The summed E-state index contributed by atoms with van der Waals surface area (Å²) in [7, 11) is 3.56. The van der Waals surface area contributed by atoms with Crippen molar-refractivity contribution >= 4 is 17.6 Å². The highest BCUT2D eigenvalue weighted by Crippen LogP contribution is 2.72. The fraction of sp³-hybridized carbons (Fsp3) is 0.750. The van der Waals surface area contributed by atoms with Gasteiger partial charge in [0.1, 0.15) is 6.07 Å². The second-order valence-corrected chi connectivity index (χ2v) is 14.9. The molecule has 8 atom stereocenters. The molecule has 0 bridgehead atoms. The quantitative estimate of drug-likeness (QED) is 0.471. The number of urea groups is 1. The summed E-state index contributed by atoms with van der Waals surface area (Å²) in [6, 6.07) is 2.08. The molecule has 2 amide bonds. The summed E-state index contributed by atoms with van der Waals surface area (Å²) in [5.74, 6) is -0.133. The normalized spacial score (nSPS) is 45.2. The molecule has 0 radical (unpaired) electrons. The minimum Gasteiger partial charge on any atom is -0.332 e. The van der Waals surface area contributed by atoms with E-state index in [1.165, 1.54) is 0 Å². The van der Waals surface area contributed by atoms with Gasteiger partial charge in [0.05, 0.1) is 5.57 Å². The molecule has 3 saturated carbocycles. The molecular formula is C32H45N3O3. The van der Waals surface area contributed by atoms with Crippen molar-refractivity contribution in [1.82, 2.24) is 10.2 Å². The smallest absolute Gasteiger partial charge is 0.317 e. The van der Waals surface area contributed by atoms with Crippen LogP contribution in [-0.2, 0) is 9.59 Å². The molecule has 0 spiro atoms. The maximum absolute atomic E-state index is 14.4. The number of carbonyl (C=O) groups is 3. The van der Waals surface area contributed by atoms with Crippen LogP contribution in [0.1, 0.15) is 86.5 Å². The number of nitrogens with zero attached hydrogens (tertiary/aromatic N) is 2. The van der Waals surface area contributed by atoms with E-state index in [0.717, 1.165) is 50.5 Å². The molecule has 38 heavy (non-hydrogen) atoms. The van der Waals surface area contributed by atoms with E-state index in [4.69, 9.17) is 0 Å². The first kappa shape index (κ1) is 27.2. The number of carbonyl (C=O) groups excluding carboxylic acids is 3. The predicted molar refractivity (Wildman–Crippen MR) is 147 cm³/mol. The second kappa shape index (κ2) is 8.29. The van der Waals surface area contributed by atoms with E-state index in [-0.39, 0.29) is 68.6 Å². The van der Waals surface area contributed by atoms with E-state index in [1.807, 2.05) is 19.1 Å². The first-order chi connectivity index (χ1) is 17.6. The number of hydrogen-bond donors (Lipinski definition) is 1. The van der Waals surface area contributed by atoms with Gasteiger partial charge in [-0.05, 0) is 79.1 Å². The van der Waals surface area contributed by atoms with Crippen molar-refractivity contribution < 1.29 is 14.4 Å². The largest absolute Gasteiger partial charge is 0.332 e. The van der Waals surface area contributed by atoms with Crippen LogP contribution in [0.15, 0.2) is 23.3 Å².